The van der Waals surface area contributed by atoms with Gasteiger partial charge in [0, 0.05) is 199 Å². The van der Waals surface area contributed by atoms with Crippen LogP contribution in [0.5, 0.6) is 0 Å². The molecule has 0 bridgehead atoms. The Morgan fingerprint density at radius 3 is 0.697 bits per heavy atom. The Morgan fingerprint density at radius 1 is 0.316 bits per heavy atom. The summed E-state index contributed by atoms with van der Waals surface area (Å²) in [6, 6.07) is 42.9. The van der Waals surface area contributed by atoms with Crippen LogP contribution >= 0.6 is 0 Å². The third-order valence-corrected chi connectivity index (χ3v) is 12.9. The molecule has 0 aliphatic heterocycles. The monoisotopic (exact) mass is 1010 g/mol. The van der Waals surface area contributed by atoms with E-state index in [1.807, 2.05) is 0 Å². The van der Waals surface area contributed by atoms with Gasteiger partial charge in [-0.25, -0.2) is 26.3 Å². The van der Waals surface area contributed by atoms with E-state index in [9.17, 15) is 21.0 Å². The van der Waals surface area contributed by atoms with Crippen LogP contribution < -0.4 is 28.8 Å². The fourth-order valence-corrected chi connectivity index (χ4v) is 9.13. The van der Waals surface area contributed by atoms with E-state index in [4.69, 9.17) is 26.3 Å². The standard InChI is InChI=1S/C62H68N14/c1-67-41-13-49-71(45-9-5-37-63)53-17-25-57(26-18-53)75(58-27-19-54(20-28-58)72(46-10-6-38-64)50-14-42-68-2)61-33-35-62(36-34-61)76(59-29-21-55(22-30-59)73(47-11-7-39-65)51-15-43-69-3)60-31-23-56(24-32-60)74(48-12-8-40-66)52-16-44-70-4/h17-36H,5-16,41-52H2/q+2. The predicted molar refractivity (Wildman–Crippen MR) is 310 cm³/mol. The highest BCUT2D eigenvalue weighted by molar-refractivity contribution is 6.20. The van der Waals surface area contributed by atoms with E-state index < -0.39 is 0 Å². The minimum absolute atomic E-state index is 0.442. The van der Waals surface area contributed by atoms with Crippen molar-refractivity contribution in [2.75, 3.05) is 98.1 Å². The molecule has 4 aromatic rings. The molecule has 14 nitrogen and oxygen atoms in total. The highest BCUT2D eigenvalue weighted by atomic mass is 15.1. The highest BCUT2D eigenvalue weighted by Gasteiger charge is 2.26. The molecule has 384 valence electrons. The Hall–Kier alpha value is -9.18. The Labute approximate surface area is 451 Å². The Morgan fingerprint density at radius 2 is 0.513 bits per heavy atom. The molecule has 0 amide bonds. The van der Waals surface area contributed by atoms with Crippen LogP contribution in [0.4, 0.5) is 45.5 Å². The van der Waals surface area contributed by atoms with Gasteiger partial charge in [0.25, 0.3) is 0 Å². The van der Waals surface area contributed by atoms with Crippen LogP contribution in [0.3, 0.4) is 0 Å². The molecule has 0 saturated carbocycles. The number of nitriles is 4. The molecule has 0 radical (unpaired) electrons. The first-order chi connectivity index (χ1) is 37.4. The van der Waals surface area contributed by atoms with Crippen molar-refractivity contribution >= 4 is 56.9 Å². The number of benzene rings is 4. The zero-order valence-corrected chi connectivity index (χ0v) is 43.8. The van der Waals surface area contributed by atoms with E-state index in [0.717, 1.165) is 134 Å². The van der Waals surface area contributed by atoms with Gasteiger partial charge >= 0.3 is 0 Å². The normalized spacial score (nSPS) is 11.1. The van der Waals surface area contributed by atoms with Crippen molar-refractivity contribution in [2.45, 2.75) is 77.0 Å². The van der Waals surface area contributed by atoms with Crippen molar-refractivity contribution in [3.05, 3.63) is 167 Å². The number of allylic oxidation sites excluding steroid dienone is 4. The molecule has 0 heterocycles. The van der Waals surface area contributed by atoms with E-state index in [0.29, 0.717) is 78.0 Å². The summed E-state index contributed by atoms with van der Waals surface area (Å²) >= 11 is 0. The molecule has 0 aromatic heterocycles. The molecule has 0 N–H and O–H groups in total. The number of nitrogens with zero attached hydrogens (tertiary/aromatic N) is 14. The van der Waals surface area contributed by atoms with Crippen molar-refractivity contribution in [2.24, 2.45) is 0 Å². The Kier molecular flexibility index (Phi) is 25.5. The minimum atomic E-state index is 0.442. The molecule has 0 spiro atoms. The molecular weight excluding hydrogens is 941 g/mol. The van der Waals surface area contributed by atoms with Gasteiger partial charge in [0.15, 0.2) is 0 Å². The van der Waals surface area contributed by atoms with Gasteiger partial charge in [-0.15, -0.1) is 0 Å². The molecular formula is C62H68N14+2. The lowest BCUT2D eigenvalue weighted by atomic mass is 10.1. The lowest BCUT2D eigenvalue weighted by Crippen LogP contribution is -2.26. The second-order valence-corrected chi connectivity index (χ2v) is 18.2. The van der Waals surface area contributed by atoms with Gasteiger partial charge in [-0.1, -0.05) is 0 Å². The van der Waals surface area contributed by atoms with E-state index in [-0.39, 0.29) is 0 Å². The SMILES string of the molecule is [C-]#[N+]CCCN(CCCC#N)c1ccc([N+](=C2C=CC(=[N+](c3ccc(N(CCCC#N)CCC[N+]#[C-])cc3)c3ccc(N(CCCC#N)CCC[N+]#[C-])cc3)C=C2)c2ccc(N(CCCC#N)CCC[N+]#[C-])cc2)cc1. The number of hydrogen-bond donors (Lipinski definition) is 0. The fraction of sp³-hybridized carbons (Fsp3) is 0.387. The summed E-state index contributed by atoms with van der Waals surface area (Å²) in [6.07, 6.45) is 16.2. The maximum Gasteiger partial charge on any atom is 0.216 e. The predicted octanol–water partition coefficient (Wildman–Crippen LogP) is 12.7. The van der Waals surface area contributed by atoms with Crippen molar-refractivity contribution < 1.29 is 0 Å². The van der Waals surface area contributed by atoms with Gasteiger partial charge in [0.1, 0.15) is 0 Å². The van der Waals surface area contributed by atoms with E-state index in [1.54, 1.807) is 0 Å². The fourth-order valence-electron chi connectivity index (χ4n) is 9.13. The first kappa shape index (κ1) is 57.7. The molecule has 0 atom stereocenters. The Bertz CT molecular complexity index is 2450. The van der Waals surface area contributed by atoms with Crippen LogP contribution in [0.25, 0.3) is 19.4 Å². The lowest BCUT2D eigenvalue weighted by molar-refractivity contribution is 0.718. The third kappa shape index (κ3) is 18.1. The van der Waals surface area contributed by atoms with Crippen LogP contribution in [0, 0.1) is 71.6 Å². The molecule has 1 aliphatic carbocycles. The maximum atomic E-state index is 9.29. The summed E-state index contributed by atoms with van der Waals surface area (Å²) in [5, 5.41) is 37.2. The first-order valence-corrected chi connectivity index (χ1v) is 26.3. The summed E-state index contributed by atoms with van der Waals surface area (Å²) in [5.41, 5.74) is 9.75. The van der Waals surface area contributed by atoms with Crippen LogP contribution in [0.2, 0.25) is 0 Å². The van der Waals surface area contributed by atoms with Crippen LogP contribution in [0.1, 0.15) is 77.0 Å². The zero-order valence-electron chi connectivity index (χ0n) is 43.8. The number of unbranched alkanes of at least 4 members (excludes halogenated alkanes) is 4. The smallest absolute Gasteiger partial charge is 0.216 e. The molecule has 5 rings (SSSR count). The molecule has 76 heavy (non-hydrogen) atoms. The van der Waals surface area contributed by atoms with Gasteiger partial charge in [-0.05, 0) is 74.2 Å². The van der Waals surface area contributed by atoms with Crippen LogP contribution in [-0.2, 0) is 0 Å². The second-order valence-electron chi connectivity index (χ2n) is 18.2. The number of anilines is 4. The van der Waals surface area contributed by atoms with Crippen LogP contribution in [-0.4, -0.2) is 90.0 Å². The summed E-state index contributed by atoms with van der Waals surface area (Å²) in [4.78, 5) is 23.3. The molecule has 14 heteroatoms. The van der Waals surface area contributed by atoms with Gasteiger partial charge in [0.05, 0.1) is 24.3 Å². The average molecular weight is 1010 g/mol. The molecule has 1 aliphatic rings. The molecule has 0 unspecified atom stereocenters. The minimum Gasteiger partial charge on any atom is -0.371 e. The quantitative estimate of drug-likeness (QED) is 0.0204. The van der Waals surface area contributed by atoms with Crippen molar-refractivity contribution in [1.29, 1.82) is 21.0 Å². The highest BCUT2D eigenvalue weighted by Crippen LogP contribution is 2.31. The third-order valence-electron chi connectivity index (χ3n) is 12.9. The second kappa shape index (κ2) is 33.5. The van der Waals surface area contributed by atoms with E-state index in [2.05, 4.69) is 194 Å². The van der Waals surface area contributed by atoms with E-state index >= 15 is 0 Å². The van der Waals surface area contributed by atoms with Crippen molar-refractivity contribution in [3.8, 4) is 24.3 Å². The van der Waals surface area contributed by atoms with Gasteiger partial charge in [-0.3, -0.25) is 0 Å². The Balaban J connectivity index is 1.64. The van der Waals surface area contributed by atoms with E-state index in [1.165, 1.54) is 0 Å². The van der Waals surface area contributed by atoms with Gasteiger partial charge in [-0.2, -0.15) is 30.2 Å². The average Bonchev–Trinajstić information content (AvgIpc) is 3.47. The molecule has 0 fully saturated rings. The summed E-state index contributed by atoms with van der Waals surface area (Å²) in [7, 11) is 0. The van der Waals surface area contributed by atoms with Gasteiger partial charge < -0.3 is 39.0 Å². The number of rotatable bonds is 32. The topological polar surface area (TPSA) is 132 Å². The largest absolute Gasteiger partial charge is 0.371 e. The van der Waals surface area contributed by atoms with Crippen LogP contribution in [0.15, 0.2) is 121 Å². The van der Waals surface area contributed by atoms with Crippen molar-refractivity contribution in [1.82, 2.24) is 9.15 Å². The molecule has 4 aromatic carbocycles. The lowest BCUT2D eigenvalue weighted by Gasteiger charge is -2.24. The summed E-state index contributed by atoms with van der Waals surface area (Å²) in [5.74, 6) is 0. The molecule has 0 saturated heterocycles. The number of hydrogen-bond acceptors (Lipinski definition) is 8. The van der Waals surface area contributed by atoms with Gasteiger partial charge in [0.2, 0.25) is 60.4 Å². The zero-order chi connectivity index (χ0) is 54.0. The summed E-state index contributed by atoms with van der Waals surface area (Å²) < 4.78 is 4.46. The van der Waals surface area contributed by atoms with Crippen molar-refractivity contribution in [3.63, 3.8) is 0 Å². The first-order valence-electron chi connectivity index (χ1n) is 26.3. The maximum absolute atomic E-state index is 9.29. The summed E-state index contributed by atoms with van der Waals surface area (Å²) in [6.45, 7) is 36.8.